The maximum absolute atomic E-state index is 11.0. The SMILES string of the molecule is CCCc1cncc(SCC(C)(C)C(=O)O)c1. The van der Waals surface area contributed by atoms with Crippen molar-refractivity contribution in [1.82, 2.24) is 4.98 Å². The zero-order valence-electron chi connectivity index (χ0n) is 10.6. The Labute approximate surface area is 107 Å². The molecule has 0 spiro atoms. The van der Waals surface area contributed by atoms with Gasteiger partial charge in [0.15, 0.2) is 0 Å². The number of aliphatic carboxylic acids is 1. The van der Waals surface area contributed by atoms with Crippen LogP contribution in [0.4, 0.5) is 0 Å². The Bertz CT molecular complexity index is 391. The molecule has 0 fully saturated rings. The van der Waals surface area contributed by atoms with Crippen LogP contribution in [0.2, 0.25) is 0 Å². The highest BCUT2D eigenvalue weighted by atomic mass is 32.2. The first kappa shape index (κ1) is 14.0. The van der Waals surface area contributed by atoms with Crippen molar-refractivity contribution >= 4 is 17.7 Å². The summed E-state index contributed by atoms with van der Waals surface area (Å²) in [6.07, 6.45) is 5.78. The highest BCUT2D eigenvalue weighted by Gasteiger charge is 2.27. The van der Waals surface area contributed by atoms with E-state index in [2.05, 4.69) is 18.0 Å². The Morgan fingerprint density at radius 2 is 2.18 bits per heavy atom. The van der Waals surface area contributed by atoms with Gasteiger partial charge in [0.1, 0.15) is 0 Å². The first-order chi connectivity index (χ1) is 7.95. The minimum atomic E-state index is -0.761. The van der Waals surface area contributed by atoms with Crippen molar-refractivity contribution in [1.29, 1.82) is 0 Å². The molecule has 0 aliphatic rings. The van der Waals surface area contributed by atoms with E-state index >= 15 is 0 Å². The first-order valence-electron chi connectivity index (χ1n) is 5.76. The fourth-order valence-corrected chi connectivity index (χ4v) is 2.31. The Kier molecular flexibility index (Phi) is 5.00. The molecule has 4 heteroatoms. The monoisotopic (exact) mass is 253 g/mol. The molecule has 0 unspecified atom stereocenters. The first-order valence-corrected chi connectivity index (χ1v) is 6.74. The van der Waals surface area contributed by atoms with E-state index < -0.39 is 11.4 Å². The smallest absolute Gasteiger partial charge is 0.309 e. The van der Waals surface area contributed by atoms with Crippen LogP contribution in [0.1, 0.15) is 32.8 Å². The molecule has 1 N–H and O–H groups in total. The van der Waals surface area contributed by atoms with E-state index in [4.69, 9.17) is 5.11 Å². The molecule has 0 radical (unpaired) electrons. The molecule has 0 saturated carbocycles. The van der Waals surface area contributed by atoms with Gasteiger partial charge >= 0.3 is 5.97 Å². The van der Waals surface area contributed by atoms with E-state index in [1.165, 1.54) is 5.56 Å². The normalized spacial score (nSPS) is 11.5. The van der Waals surface area contributed by atoms with E-state index in [1.807, 2.05) is 6.20 Å². The van der Waals surface area contributed by atoms with Gasteiger partial charge in [-0.3, -0.25) is 9.78 Å². The summed E-state index contributed by atoms with van der Waals surface area (Å²) in [5.41, 5.74) is 0.511. The number of rotatable bonds is 6. The largest absolute Gasteiger partial charge is 0.481 e. The van der Waals surface area contributed by atoms with Crippen LogP contribution in [0.15, 0.2) is 23.4 Å². The second kappa shape index (κ2) is 6.05. The van der Waals surface area contributed by atoms with Gasteiger partial charge in [-0.05, 0) is 31.9 Å². The van der Waals surface area contributed by atoms with Crippen molar-refractivity contribution in [2.45, 2.75) is 38.5 Å². The molecule has 0 aromatic carbocycles. The molecule has 0 bridgehead atoms. The lowest BCUT2D eigenvalue weighted by atomic mass is 9.97. The summed E-state index contributed by atoms with van der Waals surface area (Å²) in [4.78, 5) is 16.2. The van der Waals surface area contributed by atoms with Crippen LogP contribution >= 0.6 is 11.8 Å². The molecule has 0 aliphatic heterocycles. The van der Waals surface area contributed by atoms with Crippen LogP contribution in [0.25, 0.3) is 0 Å². The van der Waals surface area contributed by atoms with Gasteiger partial charge in [0.05, 0.1) is 5.41 Å². The third-order valence-corrected chi connectivity index (χ3v) is 3.91. The summed E-state index contributed by atoms with van der Waals surface area (Å²) >= 11 is 1.55. The van der Waals surface area contributed by atoms with E-state index in [1.54, 1.807) is 31.8 Å². The molecule has 17 heavy (non-hydrogen) atoms. The van der Waals surface area contributed by atoms with Gasteiger partial charge in [-0.25, -0.2) is 0 Å². The number of nitrogens with zero attached hydrogens (tertiary/aromatic N) is 1. The van der Waals surface area contributed by atoms with E-state index in [0.29, 0.717) is 5.75 Å². The van der Waals surface area contributed by atoms with Crippen molar-refractivity contribution < 1.29 is 9.90 Å². The maximum atomic E-state index is 11.0. The van der Waals surface area contributed by atoms with Crippen LogP contribution in [0.5, 0.6) is 0 Å². The highest BCUT2D eigenvalue weighted by Crippen LogP contribution is 2.27. The van der Waals surface area contributed by atoms with Gasteiger partial charge in [0.25, 0.3) is 0 Å². The van der Waals surface area contributed by atoms with E-state index in [9.17, 15) is 4.79 Å². The van der Waals surface area contributed by atoms with Gasteiger partial charge in [0, 0.05) is 23.0 Å². The van der Waals surface area contributed by atoms with Crippen molar-refractivity contribution in [2.24, 2.45) is 5.41 Å². The average molecular weight is 253 g/mol. The molecule has 3 nitrogen and oxygen atoms in total. The van der Waals surface area contributed by atoms with Crippen LogP contribution in [-0.4, -0.2) is 21.8 Å². The Balaban J connectivity index is 2.63. The second-order valence-electron chi connectivity index (χ2n) is 4.76. The average Bonchev–Trinajstić information content (AvgIpc) is 2.27. The zero-order valence-corrected chi connectivity index (χ0v) is 11.4. The molecule has 1 aromatic heterocycles. The zero-order chi connectivity index (χ0) is 12.9. The highest BCUT2D eigenvalue weighted by molar-refractivity contribution is 7.99. The fourth-order valence-electron chi connectivity index (χ4n) is 1.29. The summed E-state index contributed by atoms with van der Waals surface area (Å²) in [6, 6.07) is 2.10. The van der Waals surface area contributed by atoms with Gasteiger partial charge in [-0.1, -0.05) is 13.3 Å². The fraction of sp³-hybridized carbons (Fsp3) is 0.538. The standard InChI is InChI=1S/C13H19NO2S/c1-4-5-10-6-11(8-14-7-10)17-9-13(2,3)12(15)16/h6-8H,4-5,9H2,1-3H3,(H,15,16). The number of hydrogen-bond acceptors (Lipinski definition) is 3. The Hall–Kier alpha value is -1.03. The van der Waals surface area contributed by atoms with Crippen molar-refractivity contribution in [3.63, 3.8) is 0 Å². The predicted molar refractivity (Wildman–Crippen MR) is 70.4 cm³/mol. The van der Waals surface area contributed by atoms with Crippen LogP contribution in [-0.2, 0) is 11.2 Å². The van der Waals surface area contributed by atoms with E-state index in [-0.39, 0.29) is 0 Å². The number of aromatic nitrogens is 1. The molecule has 0 atom stereocenters. The van der Waals surface area contributed by atoms with Crippen LogP contribution in [0.3, 0.4) is 0 Å². The molecule has 94 valence electrons. The molecule has 0 aliphatic carbocycles. The Morgan fingerprint density at radius 3 is 2.76 bits per heavy atom. The number of hydrogen-bond donors (Lipinski definition) is 1. The number of aryl methyl sites for hydroxylation is 1. The van der Waals surface area contributed by atoms with Gasteiger partial charge in [-0.2, -0.15) is 0 Å². The second-order valence-corrected chi connectivity index (χ2v) is 5.81. The minimum Gasteiger partial charge on any atom is -0.481 e. The van der Waals surface area contributed by atoms with Gasteiger partial charge in [-0.15, -0.1) is 11.8 Å². The predicted octanol–water partition coefficient (Wildman–Crippen LogP) is 3.24. The number of pyridine rings is 1. The summed E-state index contributed by atoms with van der Waals surface area (Å²) in [5, 5.41) is 9.03. The van der Waals surface area contributed by atoms with Crippen molar-refractivity contribution in [3.8, 4) is 0 Å². The third-order valence-electron chi connectivity index (χ3n) is 2.49. The van der Waals surface area contributed by atoms with Crippen molar-refractivity contribution in [3.05, 3.63) is 24.0 Å². The van der Waals surface area contributed by atoms with Crippen LogP contribution < -0.4 is 0 Å². The summed E-state index contributed by atoms with van der Waals surface area (Å²) < 4.78 is 0. The van der Waals surface area contributed by atoms with Gasteiger partial charge < -0.3 is 5.11 Å². The third kappa shape index (κ3) is 4.38. The number of carboxylic acids is 1. The molecule has 1 heterocycles. The Morgan fingerprint density at radius 1 is 1.47 bits per heavy atom. The summed E-state index contributed by atoms with van der Waals surface area (Å²) in [7, 11) is 0. The van der Waals surface area contributed by atoms with Gasteiger partial charge in [0.2, 0.25) is 0 Å². The summed E-state index contributed by atoms with van der Waals surface area (Å²) in [6.45, 7) is 5.62. The number of carbonyl (C=O) groups is 1. The molecule has 0 amide bonds. The lowest BCUT2D eigenvalue weighted by molar-refractivity contribution is -0.145. The molecule has 1 rings (SSSR count). The molecule has 0 saturated heterocycles. The quantitative estimate of drug-likeness (QED) is 0.791. The number of carboxylic acid groups (broad SMARTS) is 1. The molecule has 1 aromatic rings. The lowest BCUT2D eigenvalue weighted by Gasteiger charge is -2.18. The topological polar surface area (TPSA) is 50.2 Å². The van der Waals surface area contributed by atoms with Crippen molar-refractivity contribution in [2.75, 3.05) is 5.75 Å². The molecular weight excluding hydrogens is 234 g/mol. The maximum Gasteiger partial charge on any atom is 0.309 e. The van der Waals surface area contributed by atoms with Crippen LogP contribution in [0, 0.1) is 5.41 Å². The molecular formula is C13H19NO2S. The number of thioether (sulfide) groups is 1. The summed E-state index contributed by atoms with van der Waals surface area (Å²) in [5.74, 6) is -0.206. The van der Waals surface area contributed by atoms with E-state index in [0.717, 1.165) is 17.7 Å². The lowest BCUT2D eigenvalue weighted by Crippen LogP contribution is -2.26. The minimum absolute atomic E-state index is 0.555.